The van der Waals surface area contributed by atoms with Crippen LogP contribution in [0.1, 0.15) is 44.7 Å². The van der Waals surface area contributed by atoms with Crippen LogP contribution in [0.2, 0.25) is 0 Å². The molecule has 3 rings (SSSR count). The average Bonchev–Trinajstić information content (AvgIpc) is 3.39. The van der Waals surface area contributed by atoms with Crippen LogP contribution >= 0.6 is 11.8 Å². The molecular formula is C28H33F3N2O5S. The molecule has 2 unspecified atom stereocenters. The van der Waals surface area contributed by atoms with Crippen molar-refractivity contribution < 1.29 is 37.0 Å². The summed E-state index contributed by atoms with van der Waals surface area (Å²) in [7, 11) is 0. The minimum atomic E-state index is -1.26. The first kappa shape index (κ1) is 30.3. The van der Waals surface area contributed by atoms with E-state index in [-0.39, 0.29) is 55.7 Å². The Morgan fingerprint density at radius 2 is 1.77 bits per heavy atom. The summed E-state index contributed by atoms with van der Waals surface area (Å²) in [5.41, 5.74) is 0.811. The molecule has 1 aliphatic heterocycles. The number of carbonyl (C=O) groups is 3. The van der Waals surface area contributed by atoms with Gasteiger partial charge < -0.3 is 19.7 Å². The topological polar surface area (TPSA) is 84.9 Å². The molecule has 1 heterocycles. The van der Waals surface area contributed by atoms with Gasteiger partial charge in [0.05, 0.1) is 6.61 Å². The standard InChI is InChI=1S/C28H33F3N2O5S/c1-4-37-28(36)25(17(2)3)38-20-10-8-18(9-11-20)16-32-26(35)27-33(12-13-39-27)24(34)7-5-6-19-14-22(30)23(31)15-21(19)29/h8-11,14-15,17,25,27H,4-7,12-13,16H2,1-3H3,(H,32,35). The van der Waals surface area contributed by atoms with Gasteiger partial charge in [0.15, 0.2) is 23.1 Å². The minimum Gasteiger partial charge on any atom is -0.478 e. The van der Waals surface area contributed by atoms with Crippen LogP contribution in [0.4, 0.5) is 13.2 Å². The SMILES string of the molecule is CCOC(=O)C(Oc1ccc(CNC(=O)C2SCCN2C(=O)CCCc2cc(F)c(F)cc2F)cc1)C(C)C. The predicted octanol–water partition coefficient (Wildman–Crippen LogP) is 4.61. The highest BCUT2D eigenvalue weighted by atomic mass is 32.2. The van der Waals surface area contributed by atoms with Crippen LogP contribution in [-0.4, -0.2) is 53.1 Å². The summed E-state index contributed by atoms with van der Waals surface area (Å²) in [4.78, 5) is 39.2. The first-order chi connectivity index (χ1) is 18.6. The molecule has 2 aromatic carbocycles. The van der Waals surface area contributed by atoms with Gasteiger partial charge in [0, 0.05) is 37.2 Å². The van der Waals surface area contributed by atoms with Crippen molar-refractivity contribution in [2.45, 2.75) is 58.1 Å². The second kappa shape index (κ2) is 14.3. The Kier molecular flexibility index (Phi) is 11.1. The summed E-state index contributed by atoms with van der Waals surface area (Å²) in [6.07, 6.45) is -0.370. The van der Waals surface area contributed by atoms with Gasteiger partial charge in [-0.2, -0.15) is 0 Å². The Labute approximate surface area is 230 Å². The number of esters is 1. The fourth-order valence-corrected chi connectivity index (χ4v) is 5.22. The lowest BCUT2D eigenvalue weighted by Crippen LogP contribution is -2.44. The van der Waals surface area contributed by atoms with Crippen LogP contribution in [0.5, 0.6) is 5.75 Å². The van der Waals surface area contributed by atoms with E-state index in [4.69, 9.17) is 9.47 Å². The van der Waals surface area contributed by atoms with E-state index in [0.717, 1.165) is 11.6 Å². The van der Waals surface area contributed by atoms with Crippen molar-refractivity contribution in [3.05, 3.63) is 65.0 Å². The zero-order valence-corrected chi connectivity index (χ0v) is 23.0. The smallest absolute Gasteiger partial charge is 0.347 e. The lowest BCUT2D eigenvalue weighted by Gasteiger charge is -2.23. The minimum absolute atomic E-state index is 0.00354. The highest BCUT2D eigenvalue weighted by Crippen LogP contribution is 2.26. The molecule has 1 saturated heterocycles. The second-order valence-corrected chi connectivity index (χ2v) is 10.6. The van der Waals surface area contributed by atoms with Gasteiger partial charge in [0.1, 0.15) is 11.6 Å². The molecule has 2 aromatic rings. The third kappa shape index (κ3) is 8.39. The van der Waals surface area contributed by atoms with Crippen molar-refractivity contribution in [1.29, 1.82) is 0 Å². The van der Waals surface area contributed by atoms with Crippen LogP contribution < -0.4 is 10.1 Å². The van der Waals surface area contributed by atoms with Crippen LogP contribution in [0.15, 0.2) is 36.4 Å². The van der Waals surface area contributed by atoms with E-state index in [2.05, 4.69) is 5.32 Å². The normalized spacial score (nSPS) is 15.8. The van der Waals surface area contributed by atoms with E-state index in [1.807, 2.05) is 13.8 Å². The summed E-state index contributed by atoms with van der Waals surface area (Å²) in [5.74, 6) is -3.20. The lowest BCUT2D eigenvalue weighted by molar-refractivity contribution is -0.153. The zero-order valence-electron chi connectivity index (χ0n) is 22.2. The summed E-state index contributed by atoms with van der Waals surface area (Å²) < 4.78 is 51.2. The van der Waals surface area contributed by atoms with E-state index in [0.29, 0.717) is 24.1 Å². The quantitative estimate of drug-likeness (QED) is 0.298. The zero-order chi connectivity index (χ0) is 28.5. The number of amides is 2. The number of rotatable bonds is 12. The van der Waals surface area contributed by atoms with Crippen LogP contribution in [-0.2, 0) is 32.1 Å². The van der Waals surface area contributed by atoms with Gasteiger partial charge in [-0.15, -0.1) is 11.8 Å². The number of carbonyl (C=O) groups excluding carboxylic acids is 3. The Morgan fingerprint density at radius 3 is 2.44 bits per heavy atom. The number of nitrogens with one attached hydrogen (secondary N) is 1. The third-order valence-electron chi connectivity index (χ3n) is 6.14. The van der Waals surface area contributed by atoms with Gasteiger partial charge in [0.25, 0.3) is 5.91 Å². The molecule has 0 bridgehead atoms. The van der Waals surface area contributed by atoms with Crippen molar-refractivity contribution in [3.8, 4) is 5.75 Å². The Balaban J connectivity index is 1.49. The number of hydrogen-bond acceptors (Lipinski definition) is 6. The maximum atomic E-state index is 13.8. The highest BCUT2D eigenvalue weighted by molar-refractivity contribution is 8.00. The molecule has 39 heavy (non-hydrogen) atoms. The molecule has 1 aliphatic rings. The fraction of sp³-hybridized carbons (Fsp3) is 0.464. The van der Waals surface area contributed by atoms with Gasteiger partial charge in [-0.25, -0.2) is 18.0 Å². The Morgan fingerprint density at radius 1 is 1.08 bits per heavy atom. The van der Waals surface area contributed by atoms with Crippen LogP contribution in [0.3, 0.4) is 0 Å². The number of halogens is 3. The molecule has 0 aliphatic carbocycles. The van der Waals surface area contributed by atoms with Gasteiger partial charge in [-0.1, -0.05) is 26.0 Å². The number of benzene rings is 2. The van der Waals surface area contributed by atoms with Gasteiger partial charge in [0.2, 0.25) is 5.91 Å². The number of nitrogens with zero attached hydrogens (tertiary/aromatic N) is 1. The predicted molar refractivity (Wildman–Crippen MR) is 141 cm³/mol. The van der Waals surface area contributed by atoms with Gasteiger partial charge in [-0.3, -0.25) is 9.59 Å². The van der Waals surface area contributed by atoms with E-state index in [9.17, 15) is 27.6 Å². The van der Waals surface area contributed by atoms with E-state index < -0.39 is 34.9 Å². The number of ether oxygens (including phenoxy) is 2. The number of thioether (sulfide) groups is 1. The molecule has 0 radical (unpaired) electrons. The third-order valence-corrected chi connectivity index (χ3v) is 7.34. The largest absolute Gasteiger partial charge is 0.478 e. The number of aryl methyl sites for hydroxylation is 1. The van der Waals surface area contributed by atoms with E-state index in [1.54, 1.807) is 31.2 Å². The Hall–Kier alpha value is -3.21. The van der Waals surface area contributed by atoms with Crippen LogP contribution in [0.25, 0.3) is 0 Å². The van der Waals surface area contributed by atoms with Crippen molar-refractivity contribution in [1.82, 2.24) is 10.2 Å². The molecule has 11 heteroatoms. The molecule has 2 atom stereocenters. The van der Waals surface area contributed by atoms with E-state index in [1.165, 1.54) is 16.7 Å². The molecular weight excluding hydrogens is 533 g/mol. The molecule has 0 saturated carbocycles. The highest BCUT2D eigenvalue weighted by Gasteiger charge is 2.34. The van der Waals surface area contributed by atoms with Crippen molar-refractivity contribution in [3.63, 3.8) is 0 Å². The summed E-state index contributed by atoms with van der Waals surface area (Å²) in [6, 6.07) is 8.29. The van der Waals surface area contributed by atoms with Crippen molar-refractivity contribution >= 4 is 29.5 Å². The first-order valence-corrected chi connectivity index (χ1v) is 13.9. The van der Waals surface area contributed by atoms with Crippen LogP contribution in [0, 0.1) is 23.4 Å². The van der Waals surface area contributed by atoms with Crippen molar-refractivity contribution in [2.24, 2.45) is 5.92 Å². The van der Waals surface area contributed by atoms with Gasteiger partial charge >= 0.3 is 5.97 Å². The second-order valence-electron chi connectivity index (χ2n) is 9.42. The molecule has 1 fully saturated rings. The molecule has 0 spiro atoms. The molecule has 2 amide bonds. The fourth-order valence-electron chi connectivity index (χ4n) is 4.06. The molecule has 7 nitrogen and oxygen atoms in total. The summed E-state index contributed by atoms with van der Waals surface area (Å²) in [5, 5.41) is 2.16. The molecule has 212 valence electrons. The first-order valence-electron chi connectivity index (χ1n) is 12.8. The van der Waals surface area contributed by atoms with E-state index >= 15 is 0 Å². The molecule has 1 N–H and O–H groups in total. The maximum absolute atomic E-state index is 13.8. The Bertz CT molecular complexity index is 1160. The molecule has 0 aromatic heterocycles. The summed E-state index contributed by atoms with van der Waals surface area (Å²) >= 11 is 1.35. The number of hydrogen-bond donors (Lipinski definition) is 1. The monoisotopic (exact) mass is 566 g/mol. The summed E-state index contributed by atoms with van der Waals surface area (Å²) in [6.45, 7) is 6.38. The van der Waals surface area contributed by atoms with Crippen molar-refractivity contribution in [2.75, 3.05) is 18.9 Å². The lowest BCUT2D eigenvalue weighted by atomic mass is 10.1. The van der Waals surface area contributed by atoms with Gasteiger partial charge in [-0.05, 0) is 49.1 Å². The average molecular weight is 567 g/mol. The maximum Gasteiger partial charge on any atom is 0.347 e.